The standard InChI is InChI=1S/C14H21N3O3S/c1-9(12-15-8-10(21-12)11(18)17-20)16-13(19)14(2)6-4-3-5-7-14/h8-9,20H,3-7H2,1-2H3,(H,16,19)(H,17,18)/t9-/m0/s1. The summed E-state index contributed by atoms with van der Waals surface area (Å²) < 4.78 is 0. The number of hydrogen-bond donors (Lipinski definition) is 3. The van der Waals surface area contributed by atoms with Gasteiger partial charge in [0.25, 0.3) is 5.91 Å². The summed E-state index contributed by atoms with van der Waals surface area (Å²) in [5, 5.41) is 12.2. The van der Waals surface area contributed by atoms with Crippen LogP contribution in [0.3, 0.4) is 0 Å². The van der Waals surface area contributed by atoms with Crippen LogP contribution in [0.4, 0.5) is 0 Å². The third-order valence-corrected chi connectivity index (χ3v) is 5.25. The Morgan fingerprint density at radius 2 is 2.05 bits per heavy atom. The van der Waals surface area contributed by atoms with Gasteiger partial charge in [-0.25, -0.2) is 10.5 Å². The highest BCUT2D eigenvalue weighted by molar-refractivity contribution is 7.13. The van der Waals surface area contributed by atoms with Gasteiger partial charge in [-0.1, -0.05) is 26.2 Å². The number of aromatic nitrogens is 1. The first-order valence-corrected chi connectivity index (χ1v) is 7.99. The zero-order valence-electron chi connectivity index (χ0n) is 12.3. The van der Waals surface area contributed by atoms with Gasteiger partial charge < -0.3 is 5.32 Å². The van der Waals surface area contributed by atoms with Crippen molar-refractivity contribution in [2.75, 3.05) is 0 Å². The topological polar surface area (TPSA) is 91.3 Å². The zero-order chi connectivity index (χ0) is 15.5. The predicted molar refractivity (Wildman–Crippen MR) is 79.1 cm³/mol. The van der Waals surface area contributed by atoms with E-state index in [0.717, 1.165) is 37.0 Å². The van der Waals surface area contributed by atoms with Gasteiger partial charge in [-0.3, -0.25) is 14.8 Å². The number of hydroxylamine groups is 1. The number of hydrogen-bond acceptors (Lipinski definition) is 5. The van der Waals surface area contributed by atoms with Gasteiger partial charge in [-0.15, -0.1) is 11.3 Å². The van der Waals surface area contributed by atoms with Crippen LogP contribution in [-0.2, 0) is 4.79 Å². The Labute approximate surface area is 127 Å². The number of rotatable bonds is 4. The second-order valence-corrected chi connectivity index (χ2v) is 6.88. The molecule has 0 spiro atoms. The Morgan fingerprint density at radius 3 is 2.67 bits per heavy atom. The van der Waals surface area contributed by atoms with E-state index in [4.69, 9.17) is 5.21 Å². The van der Waals surface area contributed by atoms with Gasteiger partial charge in [-0.05, 0) is 19.8 Å². The lowest BCUT2D eigenvalue weighted by molar-refractivity contribution is -0.132. The second-order valence-electron chi connectivity index (χ2n) is 5.82. The van der Waals surface area contributed by atoms with Crippen molar-refractivity contribution >= 4 is 23.2 Å². The molecule has 0 aliphatic heterocycles. The highest BCUT2D eigenvalue weighted by Crippen LogP contribution is 2.36. The van der Waals surface area contributed by atoms with E-state index in [0.29, 0.717) is 9.88 Å². The normalized spacial score (nSPS) is 18.8. The number of carbonyl (C=O) groups excluding carboxylic acids is 2. The third-order valence-electron chi connectivity index (χ3n) is 4.07. The fraction of sp³-hybridized carbons (Fsp3) is 0.643. The van der Waals surface area contributed by atoms with Gasteiger partial charge in [0.05, 0.1) is 12.2 Å². The van der Waals surface area contributed by atoms with Crippen LogP contribution in [0.2, 0.25) is 0 Å². The smallest absolute Gasteiger partial charge is 0.286 e. The number of nitrogens with zero attached hydrogens (tertiary/aromatic N) is 1. The summed E-state index contributed by atoms with van der Waals surface area (Å²) in [6, 6.07) is -0.249. The lowest BCUT2D eigenvalue weighted by Gasteiger charge is -2.32. The van der Waals surface area contributed by atoms with Crippen molar-refractivity contribution in [3.8, 4) is 0 Å². The Kier molecular flexibility index (Phi) is 4.95. The van der Waals surface area contributed by atoms with Crippen LogP contribution < -0.4 is 10.8 Å². The van der Waals surface area contributed by atoms with Gasteiger partial charge in [0.2, 0.25) is 5.91 Å². The zero-order valence-corrected chi connectivity index (χ0v) is 13.1. The maximum atomic E-state index is 12.4. The molecule has 1 aliphatic carbocycles. The summed E-state index contributed by atoms with van der Waals surface area (Å²) in [5.41, 5.74) is 1.28. The van der Waals surface area contributed by atoms with Crippen LogP contribution >= 0.6 is 11.3 Å². The molecule has 1 aromatic rings. The molecule has 0 bridgehead atoms. The Balaban J connectivity index is 2.00. The molecule has 6 nitrogen and oxygen atoms in total. The van der Waals surface area contributed by atoms with Crippen LogP contribution in [0.15, 0.2) is 6.20 Å². The third kappa shape index (κ3) is 3.59. The van der Waals surface area contributed by atoms with E-state index in [1.54, 1.807) is 5.48 Å². The van der Waals surface area contributed by atoms with E-state index in [9.17, 15) is 9.59 Å². The second kappa shape index (κ2) is 6.53. The fourth-order valence-corrected chi connectivity index (χ4v) is 3.45. The molecule has 116 valence electrons. The molecule has 0 saturated heterocycles. The molecule has 1 fully saturated rings. The summed E-state index contributed by atoms with van der Waals surface area (Å²) >= 11 is 1.16. The molecule has 1 aromatic heterocycles. The highest BCUT2D eigenvalue weighted by Gasteiger charge is 2.35. The summed E-state index contributed by atoms with van der Waals surface area (Å²) in [7, 11) is 0. The first-order valence-electron chi connectivity index (χ1n) is 7.17. The molecule has 0 aromatic carbocycles. The first-order chi connectivity index (χ1) is 9.96. The summed E-state index contributed by atoms with van der Waals surface area (Å²) in [4.78, 5) is 28.2. The van der Waals surface area contributed by atoms with E-state index in [1.807, 2.05) is 13.8 Å². The monoisotopic (exact) mass is 311 g/mol. The van der Waals surface area contributed by atoms with E-state index in [2.05, 4.69) is 10.3 Å². The molecular weight excluding hydrogens is 290 g/mol. The number of thiazole rings is 1. The molecule has 3 N–H and O–H groups in total. The lowest BCUT2D eigenvalue weighted by Crippen LogP contribution is -2.41. The van der Waals surface area contributed by atoms with Crippen molar-refractivity contribution in [3.05, 3.63) is 16.1 Å². The van der Waals surface area contributed by atoms with Crippen molar-refractivity contribution in [2.45, 2.75) is 52.0 Å². The van der Waals surface area contributed by atoms with Crippen molar-refractivity contribution in [2.24, 2.45) is 5.41 Å². The molecule has 2 rings (SSSR count). The number of amides is 2. The average molecular weight is 311 g/mol. The highest BCUT2D eigenvalue weighted by atomic mass is 32.1. The van der Waals surface area contributed by atoms with Crippen molar-refractivity contribution in [3.63, 3.8) is 0 Å². The molecular formula is C14H21N3O3S. The van der Waals surface area contributed by atoms with Gasteiger partial charge in [0.15, 0.2) is 0 Å². The Bertz CT molecular complexity index is 523. The summed E-state index contributed by atoms with van der Waals surface area (Å²) in [6.45, 7) is 3.87. The predicted octanol–water partition coefficient (Wildman–Crippen LogP) is 2.41. The minimum absolute atomic E-state index is 0.0538. The largest absolute Gasteiger partial charge is 0.347 e. The van der Waals surface area contributed by atoms with E-state index < -0.39 is 5.91 Å². The van der Waals surface area contributed by atoms with Crippen LogP contribution in [0.5, 0.6) is 0 Å². The molecule has 7 heteroatoms. The quantitative estimate of drug-likeness (QED) is 0.588. The minimum Gasteiger partial charge on any atom is -0.347 e. The van der Waals surface area contributed by atoms with Crippen molar-refractivity contribution in [1.82, 2.24) is 15.8 Å². The van der Waals surface area contributed by atoms with Gasteiger partial charge in [0.1, 0.15) is 9.88 Å². The average Bonchev–Trinajstić information content (AvgIpc) is 2.97. The minimum atomic E-state index is -0.587. The lowest BCUT2D eigenvalue weighted by atomic mass is 9.75. The van der Waals surface area contributed by atoms with Gasteiger partial charge in [0, 0.05) is 5.41 Å². The van der Waals surface area contributed by atoms with Gasteiger partial charge >= 0.3 is 0 Å². The first kappa shape index (κ1) is 15.9. The molecule has 1 aliphatic rings. The summed E-state index contributed by atoms with van der Waals surface area (Å²) in [6.07, 6.45) is 6.62. The molecule has 1 saturated carbocycles. The molecule has 0 radical (unpaired) electrons. The molecule has 1 atom stereocenters. The maximum absolute atomic E-state index is 12.4. The molecule has 1 heterocycles. The van der Waals surface area contributed by atoms with Crippen LogP contribution in [-0.4, -0.2) is 22.0 Å². The van der Waals surface area contributed by atoms with Crippen molar-refractivity contribution < 1.29 is 14.8 Å². The van der Waals surface area contributed by atoms with E-state index in [1.165, 1.54) is 12.6 Å². The van der Waals surface area contributed by atoms with E-state index >= 15 is 0 Å². The van der Waals surface area contributed by atoms with Crippen LogP contribution in [0.1, 0.15) is 66.7 Å². The maximum Gasteiger partial charge on any atom is 0.286 e. The number of nitrogens with one attached hydrogen (secondary N) is 2. The van der Waals surface area contributed by atoms with Gasteiger partial charge in [-0.2, -0.15) is 0 Å². The summed E-state index contributed by atoms with van der Waals surface area (Å²) in [5.74, 6) is -0.533. The van der Waals surface area contributed by atoms with Crippen LogP contribution in [0.25, 0.3) is 0 Å². The Morgan fingerprint density at radius 1 is 1.38 bits per heavy atom. The molecule has 21 heavy (non-hydrogen) atoms. The number of carbonyl (C=O) groups is 2. The SMILES string of the molecule is C[C@H](NC(=O)C1(C)CCCCC1)c1ncc(C(=O)NO)s1. The Hall–Kier alpha value is -1.47. The van der Waals surface area contributed by atoms with E-state index in [-0.39, 0.29) is 17.4 Å². The fourth-order valence-electron chi connectivity index (χ4n) is 2.64. The molecule has 2 amide bonds. The van der Waals surface area contributed by atoms with Crippen molar-refractivity contribution in [1.29, 1.82) is 0 Å². The molecule has 0 unspecified atom stereocenters. The van der Waals surface area contributed by atoms with Crippen LogP contribution in [0, 0.1) is 5.41 Å².